The Kier molecular flexibility index (Phi) is 5.21. The highest BCUT2D eigenvalue weighted by Crippen LogP contribution is 2.30. The van der Waals surface area contributed by atoms with Crippen LogP contribution in [0, 0.1) is 5.92 Å². The number of fused-ring (bicyclic) bond motifs is 1. The summed E-state index contributed by atoms with van der Waals surface area (Å²) >= 11 is 0. The molecule has 1 aliphatic heterocycles. The maximum atomic E-state index is 12.8. The SMILES string of the molecule is Cn1cc(-c2ccc3cnc(NC(=O)[C@H]4CC[C@H](N5CCCC5)CC4)cc3c2)nn1. The zero-order chi connectivity index (χ0) is 20.5. The molecule has 1 aromatic carbocycles. The Hall–Kier alpha value is -2.80. The average molecular weight is 405 g/mol. The summed E-state index contributed by atoms with van der Waals surface area (Å²) in [6.07, 6.45) is 10.6. The van der Waals surface area contributed by atoms with E-state index in [1.807, 2.05) is 37.6 Å². The molecule has 5 rings (SSSR count). The smallest absolute Gasteiger partial charge is 0.228 e. The highest BCUT2D eigenvalue weighted by molar-refractivity contribution is 5.95. The topological polar surface area (TPSA) is 75.9 Å². The number of anilines is 1. The summed E-state index contributed by atoms with van der Waals surface area (Å²) < 4.78 is 1.69. The number of likely N-dealkylation sites (tertiary alicyclic amines) is 1. The Morgan fingerprint density at radius 3 is 2.60 bits per heavy atom. The number of hydrogen-bond donors (Lipinski definition) is 1. The maximum absolute atomic E-state index is 12.8. The largest absolute Gasteiger partial charge is 0.310 e. The molecule has 1 N–H and O–H groups in total. The molecule has 0 bridgehead atoms. The predicted octanol–water partition coefficient (Wildman–Crippen LogP) is 3.62. The van der Waals surface area contributed by atoms with Crippen LogP contribution in [0.1, 0.15) is 38.5 Å². The molecule has 3 heterocycles. The van der Waals surface area contributed by atoms with Gasteiger partial charge in [0.15, 0.2) is 0 Å². The van der Waals surface area contributed by atoms with E-state index in [0.717, 1.165) is 47.7 Å². The molecule has 2 fully saturated rings. The van der Waals surface area contributed by atoms with E-state index in [-0.39, 0.29) is 11.8 Å². The molecule has 1 saturated carbocycles. The number of benzene rings is 1. The number of hydrogen-bond acceptors (Lipinski definition) is 5. The number of rotatable bonds is 4. The van der Waals surface area contributed by atoms with E-state index < -0.39 is 0 Å². The summed E-state index contributed by atoms with van der Waals surface area (Å²) in [4.78, 5) is 19.9. The second-order valence-corrected chi connectivity index (χ2v) is 8.65. The van der Waals surface area contributed by atoms with E-state index in [1.165, 1.54) is 25.9 Å². The lowest BCUT2D eigenvalue weighted by atomic mass is 9.85. The van der Waals surface area contributed by atoms with Gasteiger partial charge in [-0.05, 0) is 69.1 Å². The molecule has 0 atom stereocenters. The van der Waals surface area contributed by atoms with Gasteiger partial charge in [-0.2, -0.15) is 0 Å². The van der Waals surface area contributed by atoms with Crippen molar-refractivity contribution in [1.82, 2.24) is 24.9 Å². The minimum atomic E-state index is 0.0901. The number of carbonyl (C=O) groups excluding carboxylic acids is 1. The molecule has 7 nitrogen and oxygen atoms in total. The molecule has 0 spiro atoms. The molecule has 0 unspecified atom stereocenters. The highest BCUT2D eigenvalue weighted by Gasteiger charge is 2.30. The van der Waals surface area contributed by atoms with Gasteiger partial charge in [-0.25, -0.2) is 4.98 Å². The number of aromatic nitrogens is 4. The predicted molar refractivity (Wildman–Crippen MR) is 117 cm³/mol. The van der Waals surface area contributed by atoms with Gasteiger partial charge in [0.2, 0.25) is 5.91 Å². The summed E-state index contributed by atoms with van der Waals surface area (Å²) in [5.41, 5.74) is 1.83. The number of nitrogens with zero attached hydrogens (tertiary/aromatic N) is 5. The van der Waals surface area contributed by atoms with Gasteiger partial charge < -0.3 is 10.2 Å². The zero-order valence-electron chi connectivity index (χ0n) is 17.4. The van der Waals surface area contributed by atoms with Crippen LogP contribution >= 0.6 is 0 Å². The molecule has 1 aliphatic carbocycles. The van der Waals surface area contributed by atoms with Crippen molar-refractivity contribution in [1.29, 1.82) is 0 Å². The molecule has 1 amide bonds. The van der Waals surface area contributed by atoms with Crippen LogP contribution in [0.5, 0.6) is 0 Å². The van der Waals surface area contributed by atoms with Crippen LogP contribution in [0.2, 0.25) is 0 Å². The molecule has 156 valence electrons. The van der Waals surface area contributed by atoms with Gasteiger partial charge >= 0.3 is 0 Å². The molecule has 2 aromatic heterocycles. The molecular weight excluding hydrogens is 376 g/mol. The van der Waals surface area contributed by atoms with Crippen LogP contribution in [0.3, 0.4) is 0 Å². The zero-order valence-corrected chi connectivity index (χ0v) is 17.4. The Labute approximate surface area is 176 Å². The van der Waals surface area contributed by atoms with Crippen LogP contribution in [0.25, 0.3) is 22.0 Å². The fourth-order valence-corrected chi connectivity index (χ4v) is 4.89. The summed E-state index contributed by atoms with van der Waals surface area (Å²) in [7, 11) is 1.85. The highest BCUT2D eigenvalue weighted by atomic mass is 16.1. The summed E-state index contributed by atoms with van der Waals surface area (Å²) in [5.74, 6) is 0.810. The van der Waals surface area contributed by atoms with Crippen LogP contribution in [0.4, 0.5) is 5.82 Å². The quantitative estimate of drug-likeness (QED) is 0.719. The Morgan fingerprint density at radius 1 is 1.07 bits per heavy atom. The van der Waals surface area contributed by atoms with Crippen molar-refractivity contribution in [3.63, 3.8) is 0 Å². The minimum Gasteiger partial charge on any atom is -0.310 e. The first kappa shape index (κ1) is 19.2. The van der Waals surface area contributed by atoms with Crippen molar-refractivity contribution >= 4 is 22.5 Å². The van der Waals surface area contributed by atoms with E-state index in [0.29, 0.717) is 11.9 Å². The van der Waals surface area contributed by atoms with Gasteiger partial charge in [0.1, 0.15) is 11.5 Å². The van der Waals surface area contributed by atoms with E-state index in [2.05, 4.69) is 31.6 Å². The van der Waals surface area contributed by atoms with Gasteiger partial charge in [0.05, 0.1) is 6.20 Å². The molecule has 2 aliphatic rings. The van der Waals surface area contributed by atoms with Gasteiger partial charge in [0.25, 0.3) is 0 Å². The second-order valence-electron chi connectivity index (χ2n) is 8.65. The maximum Gasteiger partial charge on any atom is 0.228 e. The molecule has 1 saturated heterocycles. The van der Waals surface area contributed by atoms with Crippen molar-refractivity contribution < 1.29 is 4.79 Å². The van der Waals surface area contributed by atoms with E-state index in [4.69, 9.17) is 0 Å². The van der Waals surface area contributed by atoms with E-state index in [1.54, 1.807) is 4.68 Å². The van der Waals surface area contributed by atoms with Gasteiger partial charge in [-0.1, -0.05) is 17.3 Å². The number of nitrogens with one attached hydrogen (secondary N) is 1. The number of pyridine rings is 1. The first-order chi connectivity index (χ1) is 14.7. The third kappa shape index (κ3) is 3.94. The molecule has 0 radical (unpaired) electrons. The minimum absolute atomic E-state index is 0.0901. The summed E-state index contributed by atoms with van der Waals surface area (Å²) in [6.45, 7) is 2.47. The molecule has 7 heteroatoms. The third-order valence-electron chi connectivity index (χ3n) is 6.60. The Bertz CT molecular complexity index is 1050. The Morgan fingerprint density at radius 2 is 1.87 bits per heavy atom. The fourth-order valence-electron chi connectivity index (χ4n) is 4.89. The molecular formula is C23H28N6O. The van der Waals surface area contributed by atoms with Crippen molar-refractivity contribution in [3.8, 4) is 11.3 Å². The molecule has 30 heavy (non-hydrogen) atoms. The number of amides is 1. The van der Waals surface area contributed by atoms with Crippen LogP contribution < -0.4 is 5.32 Å². The van der Waals surface area contributed by atoms with Gasteiger partial charge in [-0.3, -0.25) is 9.48 Å². The van der Waals surface area contributed by atoms with E-state index >= 15 is 0 Å². The second kappa shape index (κ2) is 8.14. The third-order valence-corrected chi connectivity index (χ3v) is 6.60. The van der Waals surface area contributed by atoms with Crippen molar-refractivity contribution in [2.75, 3.05) is 18.4 Å². The first-order valence-electron chi connectivity index (χ1n) is 11.0. The van der Waals surface area contributed by atoms with Crippen molar-refractivity contribution in [3.05, 3.63) is 36.7 Å². The monoisotopic (exact) mass is 404 g/mol. The summed E-state index contributed by atoms with van der Waals surface area (Å²) in [5, 5.41) is 13.3. The first-order valence-corrected chi connectivity index (χ1v) is 11.0. The lowest BCUT2D eigenvalue weighted by Crippen LogP contribution is -2.38. The van der Waals surface area contributed by atoms with Crippen molar-refractivity contribution in [2.24, 2.45) is 13.0 Å². The number of carbonyl (C=O) groups is 1. The van der Waals surface area contributed by atoms with Crippen molar-refractivity contribution in [2.45, 2.75) is 44.6 Å². The molecule has 3 aromatic rings. The van der Waals surface area contributed by atoms with Crippen LogP contribution in [-0.4, -0.2) is 49.9 Å². The standard InChI is InChI=1S/C23H28N6O/c1-28-15-21(26-27-28)17-4-5-18-14-24-22(13-19(18)12-17)25-23(30)16-6-8-20(9-7-16)29-10-2-3-11-29/h4-5,12-16,20H,2-3,6-11H2,1H3,(H,24,25,30)/t16-,20-. The Balaban J connectivity index is 1.26. The van der Waals surface area contributed by atoms with Crippen LogP contribution in [-0.2, 0) is 11.8 Å². The van der Waals surface area contributed by atoms with Gasteiger partial charge in [0, 0.05) is 36.2 Å². The number of aryl methyl sites for hydroxylation is 1. The lowest BCUT2D eigenvalue weighted by Gasteiger charge is -2.33. The van der Waals surface area contributed by atoms with Crippen LogP contribution in [0.15, 0.2) is 36.7 Å². The van der Waals surface area contributed by atoms with E-state index in [9.17, 15) is 4.79 Å². The normalized spacial score (nSPS) is 22.4. The average Bonchev–Trinajstić information content (AvgIpc) is 3.45. The summed E-state index contributed by atoms with van der Waals surface area (Å²) in [6, 6.07) is 8.73. The van der Waals surface area contributed by atoms with Gasteiger partial charge in [-0.15, -0.1) is 5.10 Å². The lowest BCUT2D eigenvalue weighted by molar-refractivity contribution is -0.121. The fraction of sp³-hybridized carbons (Fsp3) is 0.478.